The molecule has 1 aromatic rings. The maximum atomic E-state index is 11.8. The summed E-state index contributed by atoms with van der Waals surface area (Å²) >= 11 is 0. The molecule has 0 radical (unpaired) electrons. The zero-order chi connectivity index (χ0) is 11.5. The van der Waals surface area contributed by atoms with Crippen LogP contribution in [0.3, 0.4) is 0 Å². The third kappa shape index (κ3) is 1.74. The van der Waals surface area contributed by atoms with Crippen molar-refractivity contribution in [1.82, 2.24) is 0 Å². The van der Waals surface area contributed by atoms with Crippen molar-refractivity contribution in [2.24, 2.45) is 0 Å². The van der Waals surface area contributed by atoms with Crippen molar-refractivity contribution in [1.29, 1.82) is 0 Å². The van der Waals surface area contributed by atoms with Gasteiger partial charge in [0.15, 0.2) is 0 Å². The van der Waals surface area contributed by atoms with Crippen LogP contribution in [0, 0.1) is 0 Å². The molecule has 0 aliphatic carbocycles. The van der Waals surface area contributed by atoms with Crippen molar-refractivity contribution in [2.45, 2.75) is 25.5 Å². The molecule has 2 rings (SSSR count). The van der Waals surface area contributed by atoms with Crippen LogP contribution in [0.2, 0.25) is 0 Å². The van der Waals surface area contributed by atoms with Gasteiger partial charge in [-0.25, -0.2) is 0 Å². The van der Waals surface area contributed by atoms with Crippen LogP contribution in [0.25, 0.3) is 0 Å². The van der Waals surface area contributed by atoms with Gasteiger partial charge in [-0.15, -0.1) is 6.58 Å². The Morgan fingerprint density at radius 3 is 2.94 bits per heavy atom. The number of anilines is 1. The number of aliphatic hydroxyl groups is 1. The molecule has 1 heterocycles. The van der Waals surface area contributed by atoms with Crippen molar-refractivity contribution in [2.75, 3.05) is 4.90 Å². The maximum absolute atomic E-state index is 11.8. The van der Waals surface area contributed by atoms with E-state index in [4.69, 9.17) is 0 Å². The van der Waals surface area contributed by atoms with Gasteiger partial charge in [0.2, 0.25) is 5.91 Å². The Balaban J connectivity index is 2.41. The molecule has 0 aromatic heterocycles. The Morgan fingerprint density at radius 2 is 2.25 bits per heavy atom. The summed E-state index contributed by atoms with van der Waals surface area (Å²) in [6.45, 7) is 3.70. The van der Waals surface area contributed by atoms with E-state index < -0.39 is 0 Å². The van der Waals surface area contributed by atoms with Crippen molar-refractivity contribution in [3.05, 3.63) is 42.5 Å². The highest BCUT2D eigenvalue weighted by Crippen LogP contribution is 2.29. The summed E-state index contributed by atoms with van der Waals surface area (Å²) in [6.07, 6.45) is 3.15. The summed E-state index contributed by atoms with van der Waals surface area (Å²) in [4.78, 5) is 13.5. The van der Waals surface area contributed by atoms with Gasteiger partial charge in [0.25, 0.3) is 0 Å². The Hall–Kier alpha value is -1.61. The molecule has 84 valence electrons. The number of hydrogen-bond donors (Lipinski definition) is 1. The van der Waals surface area contributed by atoms with Gasteiger partial charge in [0.1, 0.15) is 0 Å². The summed E-state index contributed by atoms with van der Waals surface area (Å²) in [5, 5.41) is 9.26. The predicted molar refractivity (Wildman–Crippen MR) is 63.1 cm³/mol. The lowest BCUT2D eigenvalue weighted by atomic mass is 10.1. The molecule has 1 fully saturated rings. The van der Waals surface area contributed by atoms with Crippen LogP contribution in [-0.2, 0) is 11.4 Å². The second kappa shape index (κ2) is 4.49. The highest BCUT2D eigenvalue weighted by atomic mass is 16.3. The fourth-order valence-electron chi connectivity index (χ4n) is 2.12. The van der Waals surface area contributed by atoms with Crippen molar-refractivity contribution in [3.8, 4) is 0 Å². The molecule has 1 unspecified atom stereocenters. The van der Waals surface area contributed by atoms with E-state index in [-0.39, 0.29) is 18.6 Å². The number of para-hydroxylation sites is 1. The topological polar surface area (TPSA) is 40.5 Å². The molecule has 1 aliphatic rings. The number of rotatable bonds is 3. The number of benzene rings is 1. The smallest absolute Gasteiger partial charge is 0.227 e. The Bertz CT molecular complexity index is 414. The second-order valence-corrected chi connectivity index (χ2v) is 3.89. The van der Waals surface area contributed by atoms with E-state index in [1.165, 1.54) is 0 Å². The van der Waals surface area contributed by atoms with Crippen LogP contribution in [-0.4, -0.2) is 17.1 Å². The van der Waals surface area contributed by atoms with Gasteiger partial charge in [0, 0.05) is 17.7 Å². The maximum Gasteiger partial charge on any atom is 0.227 e. The van der Waals surface area contributed by atoms with E-state index in [0.717, 1.165) is 17.7 Å². The average molecular weight is 217 g/mol. The van der Waals surface area contributed by atoms with Crippen LogP contribution < -0.4 is 4.90 Å². The first-order valence-electron chi connectivity index (χ1n) is 5.41. The summed E-state index contributed by atoms with van der Waals surface area (Å²) in [5.41, 5.74) is 1.59. The molecule has 1 aliphatic heterocycles. The Labute approximate surface area is 95.0 Å². The van der Waals surface area contributed by atoms with E-state index in [2.05, 4.69) is 6.58 Å². The lowest BCUT2D eigenvalue weighted by Crippen LogP contribution is -2.32. The van der Waals surface area contributed by atoms with Gasteiger partial charge in [0.05, 0.1) is 12.6 Å². The number of amides is 1. The number of carbonyl (C=O) groups is 1. The van der Waals surface area contributed by atoms with Gasteiger partial charge in [-0.3, -0.25) is 4.79 Å². The molecule has 0 spiro atoms. The van der Waals surface area contributed by atoms with Gasteiger partial charge in [-0.1, -0.05) is 24.3 Å². The highest BCUT2D eigenvalue weighted by Gasteiger charge is 2.30. The molecule has 1 saturated heterocycles. The molecule has 1 atom stereocenters. The minimum atomic E-state index is -0.0518. The van der Waals surface area contributed by atoms with E-state index >= 15 is 0 Å². The van der Waals surface area contributed by atoms with Crippen molar-refractivity contribution >= 4 is 11.6 Å². The lowest BCUT2D eigenvalue weighted by Gasteiger charge is -2.24. The lowest BCUT2D eigenvalue weighted by molar-refractivity contribution is -0.117. The third-order valence-electron chi connectivity index (χ3n) is 2.95. The molecular weight excluding hydrogens is 202 g/mol. The summed E-state index contributed by atoms with van der Waals surface area (Å²) < 4.78 is 0. The number of nitrogens with zero attached hydrogens (tertiary/aromatic N) is 1. The van der Waals surface area contributed by atoms with Crippen molar-refractivity contribution in [3.63, 3.8) is 0 Å². The predicted octanol–water partition coefficient (Wildman–Crippen LogP) is 1.86. The van der Waals surface area contributed by atoms with E-state index in [1.54, 1.807) is 11.0 Å². The molecule has 1 aromatic carbocycles. The molecule has 16 heavy (non-hydrogen) atoms. The van der Waals surface area contributed by atoms with Gasteiger partial charge in [-0.05, 0) is 12.5 Å². The standard InChI is InChI=1S/C13H15NO2/c1-2-11-7-8-13(16)14(11)12-6-4-3-5-10(12)9-15/h2-6,11,15H,1,7-9H2. The summed E-state index contributed by atoms with van der Waals surface area (Å²) in [7, 11) is 0. The number of carbonyl (C=O) groups excluding carboxylic acids is 1. The molecular formula is C13H15NO2. The van der Waals surface area contributed by atoms with Gasteiger partial charge < -0.3 is 10.0 Å². The third-order valence-corrected chi connectivity index (χ3v) is 2.95. The minimum Gasteiger partial charge on any atom is -0.392 e. The minimum absolute atomic E-state index is 0.0518. The Kier molecular flexibility index (Phi) is 3.06. The van der Waals surface area contributed by atoms with Crippen LogP contribution in [0.5, 0.6) is 0 Å². The quantitative estimate of drug-likeness (QED) is 0.785. The first kappa shape index (κ1) is 10.9. The fraction of sp³-hybridized carbons (Fsp3) is 0.308. The Morgan fingerprint density at radius 1 is 1.50 bits per heavy atom. The molecule has 3 heteroatoms. The fourth-order valence-corrected chi connectivity index (χ4v) is 2.12. The van der Waals surface area contributed by atoms with Crippen LogP contribution in [0.15, 0.2) is 36.9 Å². The molecule has 1 N–H and O–H groups in total. The second-order valence-electron chi connectivity index (χ2n) is 3.89. The summed E-state index contributed by atoms with van der Waals surface area (Å²) in [6, 6.07) is 7.49. The monoisotopic (exact) mass is 217 g/mol. The van der Waals surface area contributed by atoms with Gasteiger partial charge in [-0.2, -0.15) is 0 Å². The van der Waals surface area contributed by atoms with Crippen LogP contribution >= 0.6 is 0 Å². The largest absolute Gasteiger partial charge is 0.392 e. The molecule has 0 saturated carbocycles. The van der Waals surface area contributed by atoms with Crippen LogP contribution in [0.1, 0.15) is 18.4 Å². The molecule has 0 bridgehead atoms. The number of aliphatic hydroxyl groups excluding tert-OH is 1. The highest BCUT2D eigenvalue weighted by molar-refractivity contribution is 5.97. The molecule has 1 amide bonds. The normalized spacial score (nSPS) is 20.2. The first-order valence-corrected chi connectivity index (χ1v) is 5.41. The SMILES string of the molecule is C=CC1CCC(=O)N1c1ccccc1CO. The van der Waals surface area contributed by atoms with Crippen molar-refractivity contribution < 1.29 is 9.90 Å². The summed E-state index contributed by atoms with van der Waals surface area (Å²) in [5.74, 6) is 0.103. The van der Waals surface area contributed by atoms with E-state index in [1.807, 2.05) is 24.3 Å². The van der Waals surface area contributed by atoms with Gasteiger partial charge >= 0.3 is 0 Å². The first-order chi connectivity index (χ1) is 7.77. The van der Waals surface area contributed by atoms with Crippen LogP contribution in [0.4, 0.5) is 5.69 Å². The van der Waals surface area contributed by atoms with E-state index in [9.17, 15) is 9.90 Å². The zero-order valence-electron chi connectivity index (χ0n) is 9.10. The zero-order valence-corrected chi connectivity index (χ0v) is 9.10. The number of hydrogen-bond acceptors (Lipinski definition) is 2. The average Bonchev–Trinajstić information content (AvgIpc) is 2.70. The molecule has 3 nitrogen and oxygen atoms in total. The van der Waals surface area contributed by atoms with E-state index in [0.29, 0.717) is 6.42 Å².